The minimum atomic E-state index is -1.20. The Labute approximate surface area is 92.6 Å². The van der Waals surface area contributed by atoms with Crippen LogP contribution in [0.4, 0.5) is 0 Å². The summed E-state index contributed by atoms with van der Waals surface area (Å²) in [4.78, 5) is 32.3. The Morgan fingerprint density at radius 2 is 2.00 bits per heavy atom. The van der Waals surface area contributed by atoms with Crippen LogP contribution in [0.25, 0.3) is 0 Å². The second-order valence-corrected chi connectivity index (χ2v) is 3.85. The molecule has 7 heteroatoms. The molecule has 0 fully saturated rings. The summed E-state index contributed by atoms with van der Waals surface area (Å²) in [5, 5.41) is 10.4. The zero-order valence-electron chi connectivity index (χ0n) is 8.27. The van der Waals surface area contributed by atoms with Crippen molar-refractivity contribution in [2.75, 3.05) is 0 Å². The average molecular weight is 234 g/mol. The molecule has 0 spiro atoms. The average Bonchev–Trinajstić information content (AvgIpc) is 2.10. The molecule has 2 atom stereocenters. The van der Waals surface area contributed by atoms with Crippen LogP contribution in [0.15, 0.2) is 0 Å². The minimum Gasteiger partial charge on any atom is -0.480 e. The highest BCUT2D eigenvalue weighted by Gasteiger charge is 2.21. The van der Waals surface area contributed by atoms with Crippen LogP contribution in [-0.2, 0) is 14.4 Å². The van der Waals surface area contributed by atoms with E-state index in [0.29, 0.717) is 0 Å². The third-order valence-electron chi connectivity index (χ3n) is 1.67. The van der Waals surface area contributed by atoms with E-state index in [2.05, 4.69) is 17.9 Å². The summed E-state index contributed by atoms with van der Waals surface area (Å²) in [5.74, 6) is -2.29. The topological polar surface area (TPSA) is 109 Å². The number of hydrogen-bond donors (Lipinski definition) is 4. The van der Waals surface area contributed by atoms with Gasteiger partial charge in [-0.15, -0.1) is 0 Å². The monoisotopic (exact) mass is 234 g/mol. The molecule has 0 radical (unpaired) electrons. The number of carbonyl (C=O) groups excluding carboxylic acids is 2. The smallest absolute Gasteiger partial charge is 0.326 e. The second kappa shape index (κ2) is 6.28. The van der Waals surface area contributed by atoms with E-state index in [9.17, 15) is 14.4 Å². The maximum absolute atomic E-state index is 11.1. The fourth-order valence-corrected chi connectivity index (χ4v) is 0.911. The largest absolute Gasteiger partial charge is 0.480 e. The van der Waals surface area contributed by atoms with Crippen molar-refractivity contribution in [2.45, 2.75) is 31.1 Å². The molecular weight excluding hydrogens is 220 g/mol. The fourth-order valence-electron chi connectivity index (χ4n) is 0.836. The van der Waals surface area contributed by atoms with Crippen molar-refractivity contribution in [1.29, 1.82) is 0 Å². The first kappa shape index (κ1) is 13.8. The SMILES string of the molecule is CC(S)C(=O)N[C@@H](CCC(N)=O)C(=O)O. The molecule has 0 aromatic heterocycles. The second-order valence-electron chi connectivity index (χ2n) is 3.08. The predicted octanol–water partition coefficient (Wildman–Crippen LogP) is -0.860. The van der Waals surface area contributed by atoms with Gasteiger partial charge in [-0.2, -0.15) is 12.6 Å². The van der Waals surface area contributed by atoms with Crippen molar-refractivity contribution in [3.63, 3.8) is 0 Å². The number of carboxylic acids is 1. The molecule has 1 unspecified atom stereocenters. The first-order valence-electron chi connectivity index (χ1n) is 4.34. The zero-order chi connectivity index (χ0) is 12.0. The third kappa shape index (κ3) is 5.95. The van der Waals surface area contributed by atoms with Crippen molar-refractivity contribution < 1.29 is 19.5 Å². The lowest BCUT2D eigenvalue weighted by Gasteiger charge is -2.14. The van der Waals surface area contributed by atoms with Gasteiger partial charge in [-0.3, -0.25) is 9.59 Å². The van der Waals surface area contributed by atoms with Gasteiger partial charge in [0.15, 0.2) is 0 Å². The Balaban J connectivity index is 4.22. The molecule has 2 amide bonds. The van der Waals surface area contributed by atoms with Gasteiger partial charge in [0.25, 0.3) is 0 Å². The highest BCUT2D eigenvalue weighted by molar-refractivity contribution is 7.81. The van der Waals surface area contributed by atoms with E-state index in [-0.39, 0.29) is 12.8 Å². The number of rotatable bonds is 6. The molecule has 0 heterocycles. The summed E-state index contributed by atoms with van der Waals surface area (Å²) in [6, 6.07) is -1.10. The van der Waals surface area contributed by atoms with E-state index in [1.165, 1.54) is 6.92 Å². The number of nitrogens with one attached hydrogen (secondary N) is 1. The number of primary amides is 1. The molecule has 86 valence electrons. The summed E-state index contributed by atoms with van der Waals surface area (Å²) in [6.45, 7) is 1.52. The van der Waals surface area contributed by atoms with Gasteiger partial charge in [-0.05, 0) is 13.3 Å². The fraction of sp³-hybridized carbons (Fsp3) is 0.625. The Morgan fingerprint density at radius 3 is 2.33 bits per heavy atom. The summed E-state index contributed by atoms with van der Waals surface area (Å²) in [7, 11) is 0. The number of hydrogen-bond acceptors (Lipinski definition) is 4. The van der Waals surface area contributed by atoms with E-state index in [4.69, 9.17) is 10.8 Å². The molecule has 6 nitrogen and oxygen atoms in total. The minimum absolute atomic E-state index is 0.0170. The Kier molecular flexibility index (Phi) is 5.76. The van der Waals surface area contributed by atoms with E-state index in [0.717, 1.165) is 0 Å². The van der Waals surface area contributed by atoms with Gasteiger partial charge in [-0.1, -0.05) is 0 Å². The van der Waals surface area contributed by atoms with Crippen LogP contribution >= 0.6 is 12.6 Å². The number of aliphatic carboxylic acids is 1. The molecule has 0 aliphatic carbocycles. The summed E-state index contributed by atoms with van der Waals surface area (Å²) < 4.78 is 0. The molecule has 15 heavy (non-hydrogen) atoms. The predicted molar refractivity (Wildman–Crippen MR) is 56.4 cm³/mol. The van der Waals surface area contributed by atoms with Crippen molar-refractivity contribution in [3.8, 4) is 0 Å². The molecule has 0 saturated carbocycles. The van der Waals surface area contributed by atoms with Gasteiger partial charge in [-0.25, -0.2) is 4.79 Å². The van der Waals surface area contributed by atoms with Gasteiger partial charge >= 0.3 is 5.97 Å². The number of carboxylic acid groups (broad SMARTS) is 1. The van der Waals surface area contributed by atoms with E-state index in [1.54, 1.807) is 0 Å². The van der Waals surface area contributed by atoms with E-state index >= 15 is 0 Å². The van der Waals surface area contributed by atoms with Gasteiger partial charge in [0, 0.05) is 6.42 Å². The molecule has 0 aliphatic heterocycles. The standard InChI is InChI=1S/C8H14N2O4S/c1-4(15)7(12)10-5(8(13)14)2-3-6(9)11/h4-5,15H,2-3H2,1H3,(H2,9,11)(H,10,12)(H,13,14)/t4?,5-/m0/s1. The van der Waals surface area contributed by atoms with Gasteiger partial charge in [0.05, 0.1) is 5.25 Å². The Hall–Kier alpha value is -1.24. The molecule has 0 aromatic carbocycles. The molecule has 0 rings (SSSR count). The van der Waals surface area contributed by atoms with Crippen LogP contribution < -0.4 is 11.1 Å². The summed E-state index contributed by atoms with van der Waals surface area (Å²) in [6.07, 6.45) is -0.102. The van der Waals surface area contributed by atoms with E-state index in [1.807, 2.05) is 0 Å². The van der Waals surface area contributed by atoms with Crippen LogP contribution in [0.5, 0.6) is 0 Å². The first-order valence-corrected chi connectivity index (χ1v) is 4.85. The van der Waals surface area contributed by atoms with Gasteiger partial charge < -0.3 is 16.2 Å². The quantitative estimate of drug-likeness (QED) is 0.448. The van der Waals surface area contributed by atoms with Crippen molar-refractivity contribution in [2.24, 2.45) is 5.73 Å². The third-order valence-corrected chi connectivity index (χ3v) is 1.91. The lowest BCUT2D eigenvalue weighted by atomic mass is 10.1. The highest BCUT2D eigenvalue weighted by Crippen LogP contribution is 2.00. The molecule has 0 aromatic rings. The van der Waals surface area contributed by atoms with Crippen LogP contribution in [0.3, 0.4) is 0 Å². The lowest BCUT2D eigenvalue weighted by Crippen LogP contribution is -2.44. The summed E-state index contributed by atoms with van der Waals surface area (Å²) in [5.41, 5.74) is 4.87. The maximum atomic E-state index is 11.1. The zero-order valence-corrected chi connectivity index (χ0v) is 9.16. The van der Waals surface area contributed by atoms with Crippen LogP contribution in [0.1, 0.15) is 19.8 Å². The maximum Gasteiger partial charge on any atom is 0.326 e. The lowest BCUT2D eigenvalue weighted by molar-refractivity contribution is -0.142. The molecule has 0 aliphatic rings. The molecule has 0 saturated heterocycles. The van der Waals surface area contributed by atoms with Crippen LogP contribution in [-0.4, -0.2) is 34.2 Å². The molecule has 4 N–H and O–H groups in total. The van der Waals surface area contributed by atoms with Crippen molar-refractivity contribution in [3.05, 3.63) is 0 Å². The summed E-state index contributed by atoms with van der Waals surface area (Å²) >= 11 is 3.85. The highest BCUT2D eigenvalue weighted by atomic mass is 32.1. The van der Waals surface area contributed by atoms with Crippen LogP contribution in [0.2, 0.25) is 0 Å². The van der Waals surface area contributed by atoms with Crippen molar-refractivity contribution in [1.82, 2.24) is 5.32 Å². The van der Waals surface area contributed by atoms with Crippen molar-refractivity contribution >= 4 is 30.4 Å². The Bertz CT molecular complexity index is 267. The number of carbonyl (C=O) groups is 3. The number of nitrogens with two attached hydrogens (primary N) is 1. The molecular formula is C8H14N2O4S. The molecule has 0 bridgehead atoms. The number of amides is 2. The van der Waals surface area contributed by atoms with Gasteiger partial charge in [0.1, 0.15) is 6.04 Å². The van der Waals surface area contributed by atoms with E-state index < -0.39 is 29.1 Å². The van der Waals surface area contributed by atoms with Crippen LogP contribution in [0, 0.1) is 0 Å². The number of thiol groups is 1. The van der Waals surface area contributed by atoms with Gasteiger partial charge in [0.2, 0.25) is 11.8 Å². The Morgan fingerprint density at radius 1 is 1.47 bits per heavy atom. The normalized spacial score (nSPS) is 14.0. The first-order chi connectivity index (χ1) is 6.84.